The van der Waals surface area contributed by atoms with E-state index in [1.54, 1.807) is 6.20 Å². The first-order valence-corrected chi connectivity index (χ1v) is 11.2. The molecule has 0 spiro atoms. The van der Waals surface area contributed by atoms with Crippen molar-refractivity contribution in [1.29, 1.82) is 0 Å². The van der Waals surface area contributed by atoms with Crippen LogP contribution >= 0.6 is 11.6 Å². The minimum Gasteiger partial charge on any atom is -0.367 e. The molecule has 2 heterocycles. The molecule has 0 unspecified atom stereocenters. The molecule has 166 valence electrons. The first-order valence-electron chi connectivity index (χ1n) is 10.9. The van der Waals surface area contributed by atoms with Crippen molar-refractivity contribution in [2.45, 2.75) is 38.0 Å². The highest BCUT2D eigenvalue weighted by atomic mass is 35.5. The van der Waals surface area contributed by atoms with E-state index >= 15 is 0 Å². The van der Waals surface area contributed by atoms with Crippen LogP contribution in [0.5, 0.6) is 0 Å². The molecule has 7 nitrogen and oxygen atoms in total. The fourth-order valence-corrected chi connectivity index (χ4v) is 4.29. The van der Waals surface area contributed by atoms with Gasteiger partial charge in [0.15, 0.2) is 5.82 Å². The minimum atomic E-state index is -0.457. The van der Waals surface area contributed by atoms with Crippen LogP contribution < -0.4 is 16.0 Å². The number of rotatable bonds is 8. The summed E-state index contributed by atoms with van der Waals surface area (Å²) < 4.78 is 0. The van der Waals surface area contributed by atoms with Crippen LogP contribution in [0, 0.1) is 6.92 Å². The minimum absolute atomic E-state index is 0.0791. The number of aromatic nitrogens is 3. The van der Waals surface area contributed by atoms with Gasteiger partial charge in [-0.2, -0.15) is 0 Å². The van der Waals surface area contributed by atoms with E-state index in [0.717, 1.165) is 42.6 Å². The molecule has 0 aliphatic heterocycles. The molecule has 1 aliphatic rings. The summed E-state index contributed by atoms with van der Waals surface area (Å²) in [6, 6.07) is 15.2. The van der Waals surface area contributed by atoms with Crippen LogP contribution in [-0.4, -0.2) is 34.2 Å². The molecule has 3 aromatic rings. The lowest BCUT2D eigenvalue weighted by Crippen LogP contribution is -2.44. The predicted molar refractivity (Wildman–Crippen MR) is 127 cm³/mol. The van der Waals surface area contributed by atoms with Crippen LogP contribution in [0.1, 0.15) is 36.8 Å². The maximum absolute atomic E-state index is 13.1. The van der Waals surface area contributed by atoms with Gasteiger partial charge in [0, 0.05) is 24.3 Å². The highest BCUT2D eigenvalue weighted by molar-refractivity contribution is 6.30. The zero-order chi connectivity index (χ0) is 22.4. The number of hydrogen-bond donors (Lipinski definition) is 3. The van der Waals surface area contributed by atoms with Crippen molar-refractivity contribution in [2.75, 3.05) is 23.7 Å². The van der Waals surface area contributed by atoms with Gasteiger partial charge in [-0.15, -0.1) is 10.2 Å². The molecule has 1 aromatic carbocycles. The summed E-state index contributed by atoms with van der Waals surface area (Å²) in [5.41, 5.74) is 1.70. The number of pyridine rings is 1. The van der Waals surface area contributed by atoms with Gasteiger partial charge in [-0.05, 0) is 67.3 Å². The van der Waals surface area contributed by atoms with E-state index in [2.05, 4.69) is 31.1 Å². The molecule has 1 amide bonds. The maximum atomic E-state index is 13.1. The average Bonchev–Trinajstić information content (AvgIpc) is 3.29. The van der Waals surface area contributed by atoms with E-state index in [0.29, 0.717) is 29.7 Å². The second kappa shape index (κ2) is 9.96. The topological polar surface area (TPSA) is 91.8 Å². The number of hydrogen-bond acceptors (Lipinski definition) is 6. The number of aryl methyl sites for hydroxylation is 1. The van der Waals surface area contributed by atoms with Crippen LogP contribution in [0.4, 0.5) is 17.5 Å². The Kier molecular flexibility index (Phi) is 6.85. The summed E-state index contributed by atoms with van der Waals surface area (Å²) in [5.74, 6) is 2.07. The van der Waals surface area contributed by atoms with Crippen LogP contribution in [0.15, 0.2) is 54.7 Å². The zero-order valence-corrected chi connectivity index (χ0v) is 18.8. The molecule has 8 heteroatoms. The second-order valence-corrected chi connectivity index (χ2v) is 8.56. The summed E-state index contributed by atoms with van der Waals surface area (Å²) in [6.45, 7) is 3.07. The summed E-state index contributed by atoms with van der Waals surface area (Å²) in [6.07, 6.45) is 5.59. The molecule has 3 N–H and O–H groups in total. The quantitative estimate of drug-likeness (QED) is 0.434. The van der Waals surface area contributed by atoms with Crippen molar-refractivity contribution in [3.8, 4) is 0 Å². The molecule has 2 aromatic heterocycles. The third-order valence-corrected chi connectivity index (χ3v) is 6.09. The maximum Gasteiger partial charge on any atom is 0.230 e. The molecule has 0 radical (unpaired) electrons. The smallest absolute Gasteiger partial charge is 0.230 e. The molecule has 1 fully saturated rings. The largest absolute Gasteiger partial charge is 0.367 e. The predicted octanol–water partition coefficient (Wildman–Crippen LogP) is 4.62. The Morgan fingerprint density at radius 1 is 0.969 bits per heavy atom. The number of benzene rings is 1. The number of amides is 1. The highest BCUT2D eigenvalue weighted by Crippen LogP contribution is 2.41. The second-order valence-electron chi connectivity index (χ2n) is 8.13. The lowest BCUT2D eigenvalue weighted by molar-refractivity contribution is -0.126. The normalized spacial score (nSPS) is 14.7. The number of carbonyl (C=O) groups excluding carboxylic acids is 1. The van der Waals surface area contributed by atoms with E-state index in [1.165, 1.54) is 0 Å². The van der Waals surface area contributed by atoms with Crippen LogP contribution in [0.25, 0.3) is 0 Å². The highest BCUT2D eigenvalue weighted by Gasteiger charge is 2.42. The number of halogens is 1. The summed E-state index contributed by atoms with van der Waals surface area (Å²) in [4.78, 5) is 17.3. The van der Waals surface area contributed by atoms with Gasteiger partial charge < -0.3 is 16.0 Å². The third kappa shape index (κ3) is 5.16. The monoisotopic (exact) mass is 450 g/mol. The Labute approximate surface area is 193 Å². The van der Waals surface area contributed by atoms with Gasteiger partial charge in [0.1, 0.15) is 11.6 Å². The van der Waals surface area contributed by atoms with Crippen molar-refractivity contribution in [3.05, 3.63) is 70.9 Å². The van der Waals surface area contributed by atoms with E-state index < -0.39 is 5.41 Å². The number of nitrogens with one attached hydrogen (secondary N) is 3. The molecule has 4 rings (SSSR count). The molecule has 32 heavy (non-hydrogen) atoms. The average molecular weight is 451 g/mol. The van der Waals surface area contributed by atoms with Crippen LogP contribution in [0.3, 0.4) is 0 Å². The van der Waals surface area contributed by atoms with E-state index in [1.807, 2.05) is 55.5 Å². The van der Waals surface area contributed by atoms with Crippen molar-refractivity contribution in [1.82, 2.24) is 20.5 Å². The molecular weight excluding hydrogens is 424 g/mol. The lowest BCUT2D eigenvalue weighted by atomic mass is 9.78. The third-order valence-electron chi connectivity index (χ3n) is 5.84. The molecule has 1 saturated carbocycles. The van der Waals surface area contributed by atoms with Crippen molar-refractivity contribution < 1.29 is 4.79 Å². The van der Waals surface area contributed by atoms with Crippen molar-refractivity contribution in [2.24, 2.45) is 0 Å². The first-order chi connectivity index (χ1) is 15.5. The Balaban J connectivity index is 1.28. The van der Waals surface area contributed by atoms with E-state index in [4.69, 9.17) is 11.6 Å². The summed E-state index contributed by atoms with van der Waals surface area (Å²) in [5, 5.41) is 18.5. The number of carbonyl (C=O) groups is 1. The molecule has 1 aliphatic carbocycles. The van der Waals surface area contributed by atoms with Gasteiger partial charge in [0.05, 0.1) is 5.41 Å². The number of nitrogens with zero attached hydrogens (tertiary/aromatic N) is 3. The van der Waals surface area contributed by atoms with Gasteiger partial charge in [-0.3, -0.25) is 4.79 Å². The first kappa shape index (κ1) is 22.0. The van der Waals surface area contributed by atoms with Crippen LogP contribution in [-0.2, 0) is 10.2 Å². The number of anilines is 3. The molecule has 0 atom stereocenters. The Bertz CT molecular complexity index is 1050. The molecular formula is C24H27ClN6O. The Morgan fingerprint density at radius 2 is 1.69 bits per heavy atom. The fourth-order valence-electron chi connectivity index (χ4n) is 4.16. The van der Waals surface area contributed by atoms with Gasteiger partial charge >= 0.3 is 0 Å². The summed E-state index contributed by atoms with van der Waals surface area (Å²) in [7, 11) is 0. The Hall–Kier alpha value is -3.19. The lowest BCUT2D eigenvalue weighted by Gasteiger charge is -2.28. The van der Waals surface area contributed by atoms with E-state index in [9.17, 15) is 4.79 Å². The molecule has 0 saturated heterocycles. The molecule has 0 bridgehead atoms. The van der Waals surface area contributed by atoms with Gasteiger partial charge in [0.25, 0.3) is 0 Å². The van der Waals surface area contributed by atoms with Crippen molar-refractivity contribution >= 4 is 35.0 Å². The Morgan fingerprint density at radius 3 is 2.38 bits per heavy atom. The van der Waals surface area contributed by atoms with Gasteiger partial charge in [-0.1, -0.05) is 36.6 Å². The van der Waals surface area contributed by atoms with Crippen LogP contribution in [0.2, 0.25) is 5.02 Å². The summed E-state index contributed by atoms with van der Waals surface area (Å²) >= 11 is 6.03. The van der Waals surface area contributed by atoms with Crippen molar-refractivity contribution in [3.63, 3.8) is 0 Å². The standard InChI is InChI=1S/C24H27ClN6O/c1-17-10-13-26-22(16-17)29-21-9-8-20(30-31-21)27-14-15-28-23(32)24(11-2-3-12-24)18-4-6-19(25)7-5-18/h4-10,13,16H,2-3,11-12,14-15H2,1H3,(H,27,30)(H,28,32)(H,26,29,31). The van der Waals surface area contributed by atoms with Gasteiger partial charge in [-0.25, -0.2) is 4.98 Å². The SMILES string of the molecule is Cc1ccnc(Nc2ccc(NCCNC(=O)C3(c4ccc(Cl)cc4)CCCC3)nn2)c1. The zero-order valence-electron chi connectivity index (χ0n) is 18.1. The fraction of sp³-hybridized carbons (Fsp3) is 0.333. The van der Waals surface area contributed by atoms with Gasteiger partial charge in [0.2, 0.25) is 5.91 Å². The van der Waals surface area contributed by atoms with E-state index in [-0.39, 0.29) is 5.91 Å².